The van der Waals surface area contributed by atoms with E-state index in [1.807, 2.05) is 26.1 Å². The Morgan fingerprint density at radius 3 is 3.00 bits per heavy atom. The van der Waals surface area contributed by atoms with Gasteiger partial charge in [0.25, 0.3) is 0 Å². The summed E-state index contributed by atoms with van der Waals surface area (Å²) in [6, 6.07) is 6.09. The van der Waals surface area contributed by atoms with E-state index >= 15 is 0 Å². The topological polar surface area (TPSA) is 64.3 Å². The van der Waals surface area contributed by atoms with Crippen LogP contribution in [0.1, 0.15) is 16.7 Å². The van der Waals surface area contributed by atoms with Crippen LogP contribution in [0, 0.1) is 17.2 Å². The predicted molar refractivity (Wildman–Crippen MR) is 72.1 cm³/mol. The first-order valence-electron chi connectivity index (χ1n) is 5.59. The van der Waals surface area contributed by atoms with Gasteiger partial charge in [-0.2, -0.15) is 5.26 Å². The van der Waals surface area contributed by atoms with Crippen LogP contribution < -0.4 is 0 Å². The maximum Gasteiger partial charge on any atom is 0.328 e. The molecule has 0 amide bonds. The molecule has 1 atom stereocenters. The Morgan fingerprint density at radius 1 is 1.67 bits per heavy atom. The van der Waals surface area contributed by atoms with Crippen LogP contribution in [0.2, 0.25) is 0 Å². The lowest BCUT2D eigenvalue weighted by molar-refractivity contribution is -0.131. The summed E-state index contributed by atoms with van der Waals surface area (Å²) >= 11 is 1.56. The summed E-state index contributed by atoms with van der Waals surface area (Å²) in [7, 11) is 1.97. The van der Waals surface area contributed by atoms with Crippen LogP contribution in [0.25, 0.3) is 6.08 Å². The normalized spacial score (nSPS) is 12.8. The highest BCUT2D eigenvalue weighted by atomic mass is 32.1. The molecule has 1 N–H and O–H groups in total. The number of hydrogen-bond acceptors (Lipinski definition) is 4. The molecule has 0 saturated carbocycles. The number of hydrogen-bond donors (Lipinski definition) is 1. The molecule has 4 nitrogen and oxygen atoms in total. The Labute approximate surface area is 111 Å². The van der Waals surface area contributed by atoms with Gasteiger partial charge in [-0.15, -0.1) is 11.3 Å². The molecule has 0 aliphatic rings. The van der Waals surface area contributed by atoms with Crippen molar-refractivity contribution in [1.82, 2.24) is 4.90 Å². The van der Waals surface area contributed by atoms with E-state index in [-0.39, 0.29) is 5.92 Å². The van der Waals surface area contributed by atoms with Gasteiger partial charge >= 0.3 is 5.97 Å². The second-order valence-corrected chi connectivity index (χ2v) is 5.40. The van der Waals surface area contributed by atoms with Gasteiger partial charge in [0.2, 0.25) is 0 Å². The standard InChI is InChI=1S/C13H16N2O2S/c1-10(7-14)8-15(2)9-12-4-3-11(18-12)5-6-13(16)17/h3-6,10H,8-9H2,1-2H3,(H,16,17). The smallest absolute Gasteiger partial charge is 0.328 e. The molecular weight excluding hydrogens is 248 g/mol. The largest absolute Gasteiger partial charge is 0.478 e. The Balaban J connectivity index is 2.54. The maximum atomic E-state index is 10.4. The predicted octanol–water partition coefficient (Wildman–Crippen LogP) is 2.44. The van der Waals surface area contributed by atoms with Gasteiger partial charge < -0.3 is 10.0 Å². The van der Waals surface area contributed by atoms with Crippen molar-refractivity contribution in [3.8, 4) is 6.07 Å². The van der Waals surface area contributed by atoms with Crippen molar-refractivity contribution in [3.05, 3.63) is 28.0 Å². The Morgan fingerprint density at radius 2 is 2.39 bits per heavy atom. The molecule has 0 aromatic carbocycles. The summed E-state index contributed by atoms with van der Waals surface area (Å²) in [6.45, 7) is 3.40. The van der Waals surface area contributed by atoms with Crippen LogP contribution in [0.3, 0.4) is 0 Å². The fraction of sp³-hybridized carbons (Fsp3) is 0.385. The lowest BCUT2D eigenvalue weighted by atomic mass is 10.2. The molecule has 0 bridgehead atoms. The molecule has 1 aromatic rings. The number of carboxylic acid groups (broad SMARTS) is 1. The summed E-state index contributed by atoms with van der Waals surface area (Å²) < 4.78 is 0. The second kappa shape index (κ2) is 6.94. The van der Waals surface area contributed by atoms with Gasteiger partial charge in [0, 0.05) is 28.9 Å². The number of aliphatic carboxylic acids is 1. The number of thiophene rings is 1. The van der Waals surface area contributed by atoms with E-state index < -0.39 is 5.97 Å². The summed E-state index contributed by atoms with van der Waals surface area (Å²) in [5.74, 6) is -0.925. The average Bonchev–Trinajstić information content (AvgIpc) is 2.73. The van der Waals surface area contributed by atoms with Gasteiger partial charge in [-0.1, -0.05) is 0 Å². The number of rotatable bonds is 6. The van der Waals surface area contributed by atoms with Crippen LogP contribution in [0.15, 0.2) is 18.2 Å². The van der Waals surface area contributed by atoms with E-state index in [0.29, 0.717) is 0 Å². The van der Waals surface area contributed by atoms with E-state index in [4.69, 9.17) is 10.4 Å². The SMILES string of the molecule is CC(C#N)CN(C)Cc1ccc(C=CC(=O)O)s1. The molecule has 0 saturated heterocycles. The minimum absolute atomic E-state index is 0.0151. The van der Waals surface area contributed by atoms with Crippen LogP contribution in [-0.2, 0) is 11.3 Å². The van der Waals surface area contributed by atoms with Crippen LogP contribution in [0.4, 0.5) is 0 Å². The highest BCUT2D eigenvalue weighted by molar-refractivity contribution is 7.12. The quantitative estimate of drug-likeness (QED) is 0.801. The van der Waals surface area contributed by atoms with Crippen molar-refractivity contribution in [2.45, 2.75) is 13.5 Å². The number of nitriles is 1. The zero-order valence-electron chi connectivity index (χ0n) is 10.5. The molecule has 0 radical (unpaired) electrons. The van der Waals surface area contributed by atoms with E-state index in [9.17, 15) is 4.79 Å². The van der Waals surface area contributed by atoms with Crippen molar-refractivity contribution < 1.29 is 9.90 Å². The van der Waals surface area contributed by atoms with Gasteiger partial charge in [0.05, 0.1) is 12.0 Å². The van der Waals surface area contributed by atoms with E-state index in [1.165, 1.54) is 0 Å². The first-order chi connectivity index (χ1) is 8.51. The Kier molecular flexibility index (Phi) is 5.56. The highest BCUT2D eigenvalue weighted by Crippen LogP contribution is 2.19. The van der Waals surface area contributed by atoms with Gasteiger partial charge in [-0.25, -0.2) is 4.79 Å². The number of carboxylic acids is 1. The molecule has 96 valence electrons. The van der Waals surface area contributed by atoms with Crippen LogP contribution in [-0.4, -0.2) is 29.6 Å². The Hall–Kier alpha value is -1.64. The molecule has 0 aliphatic heterocycles. The minimum Gasteiger partial charge on any atom is -0.478 e. The highest BCUT2D eigenvalue weighted by Gasteiger charge is 2.07. The van der Waals surface area contributed by atoms with Crippen molar-refractivity contribution in [1.29, 1.82) is 5.26 Å². The van der Waals surface area contributed by atoms with E-state index in [1.54, 1.807) is 17.4 Å². The van der Waals surface area contributed by atoms with Crippen molar-refractivity contribution in [2.75, 3.05) is 13.6 Å². The molecule has 18 heavy (non-hydrogen) atoms. The molecule has 1 unspecified atom stereocenters. The molecule has 0 aliphatic carbocycles. The average molecular weight is 264 g/mol. The number of carbonyl (C=O) groups is 1. The lowest BCUT2D eigenvalue weighted by Crippen LogP contribution is -2.22. The fourth-order valence-electron chi connectivity index (χ4n) is 1.56. The summed E-state index contributed by atoms with van der Waals surface area (Å²) in [5.41, 5.74) is 0. The monoisotopic (exact) mass is 264 g/mol. The van der Waals surface area contributed by atoms with E-state index in [2.05, 4.69) is 11.0 Å². The van der Waals surface area contributed by atoms with Gasteiger partial charge in [-0.05, 0) is 32.2 Å². The third-order valence-electron chi connectivity index (χ3n) is 2.30. The molecule has 0 fully saturated rings. The molecule has 1 aromatic heterocycles. The molecule has 0 spiro atoms. The summed E-state index contributed by atoms with van der Waals surface area (Å²) in [4.78, 5) is 14.6. The van der Waals surface area contributed by atoms with Crippen molar-refractivity contribution >= 4 is 23.4 Å². The van der Waals surface area contributed by atoms with Gasteiger partial charge in [-0.3, -0.25) is 0 Å². The van der Waals surface area contributed by atoms with Gasteiger partial charge in [0.1, 0.15) is 0 Å². The molecular formula is C13H16N2O2S. The van der Waals surface area contributed by atoms with Crippen molar-refractivity contribution in [2.24, 2.45) is 5.92 Å². The lowest BCUT2D eigenvalue weighted by Gasteiger charge is -2.16. The maximum absolute atomic E-state index is 10.4. The fourth-order valence-corrected chi connectivity index (χ4v) is 2.56. The Bertz CT molecular complexity index is 474. The second-order valence-electron chi connectivity index (χ2n) is 4.20. The van der Waals surface area contributed by atoms with Crippen LogP contribution in [0.5, 0.6) is 0 Å². The minimum atomic E-state index is -0.940. The first kappa shape index (κ1) is 14.4. The third kappa shape index (κ3) is 5.13. The molecule has 1 heterocycles. The molecule has 1 rings (SSSR count). The summed E-state index contributed by atoms with van der Waals surface area (Å²) in [6.07, 6.45) is 2.73. The molecule has 5 heteroatoms. The summed E-state index contributed by atoms with van der Waals surface area (Å²) in [5, 5.41) is 17.3. The first-order valence-corrected chi connectivity index (χ1v) is 6.40. The van der Waals surface area contributed by atoms with E-state index in [0.717, 1.165) is 28.9 Å². The third-order valence-corrected chi connectivity index (χ3v) is 3.34. The van der Waals surface area contributed by atoms with Crippen LogP contribution >= 0.6 is 11.3 Å². The number of nitrogens with zero attached hydrogens (tertiary/aromatic N) is 2. The zero-order valence-corrected chi connectivity index (χ0v) is 11.3. The van der Waals surface area contributed by atoms with Gasteiger partial charge in [0.15, 0.2) is 0 Å². The zero-order chi connectivity index (χ0) is 13.5. The van der Waals surface area contributed by atoms with Crippen molar-refractivity contribution in [3.63, 3.8) is 0 Å².